The van der Waals surface area contributed by atoms with Crippen LogP contribution in [0.1, 0.15) is 37.5 Å². The molecule has 13 nitrogen and oxygen atoms in total. The summed E-state index contributed by atoms with van der Waals surface area (Å²) in [5, 5.41) is 0. The highest BCUT2D eigenvalue weighted by molar-refractivity contribution is 7.88. The fourth-order valence-corrected chi connectivity index (χ4v) is 6.08. The van der Waals surface area contributed by atoms with Crippen molar-refractivity contribution in [2.24, 2.45) is 0 Å². The van der Waals surface area contributed by atoms with Crippen LogP contribution in [0.5, 0.6) is 0 Å². The number of nitrogens with one attached hydrogen (secondary N) is 1. The van der Waals surface area contributed by atoms with E-state index in [0.29, 0.717) is 26.2 Å². The van der Waals surface area contributed by atoms with Crippen molar-refractivity contribution in [3.8, 4) is 11.1 Å². The maximum absolute atomic E-state index is 13.5. The van der Waals surface area contributed by atoms with Gasteiger partial charge in [0.1, 0.15) is 19.8 Å². The highest BCUT2D eigenvalue weighted by Gasteiger charge is 2.29. The van der Waals surface area contributed by atoms with E-state index in [1.807, 2.05) is 35.1 Å². The Bertz CT molecular complexity index is 2120. The van der Waals surface area contributed by atoms with E-state index < -0.39 is 28.4 Å². The topological polar surface area (TPSA) is 154 Å². The number of nitrogens with zero attached hydrogens (tertiary/aromatic N) is 3. The second-order valence-electron chi connectivity index (χ2n) is 11.9. The second kappa shape index (κ2) is 17.7. The summed E-state index contributed by atoms with van der Waals surface area (Å²) in [5.74, 6) is -1.30. The van der Waals surface area contributed by atoms with E-state index in [-0.39, 0.29) is 50.1 Å². The molecule has 0 aliphatic carbocycles. The van der Waals surface area contributed by atoms with Crippen LogP contribution in [0, 0.1) is 0 Å². The van der Waals surface area contributed by atoms with Crippen LogP contribution in [-0.2, 0) is 44.2 Å². The number of hydrogen-bond acceptors (Lipinski definition) is 9. The minimum absolute atomic E-state index is 0.130. The first-order valence-electron chi connectivity index (χ1n) is 16.5. The number of likely N-dealkylation sites (N-methyl/N-ethyl adjacent to an activating group) is 2. The molecule has 0 unspecified atom stereocenters. The van der Waals surface area contributed by atoms with Gasteiger partial charge in [0.2, 0.25) is 0 Å². The van der Waals surface area contributed by atoms with Gasteiger partial charge in [-0.2, -0.15) is 8.42 Å². The van der Waals surface area contributed by atoms with E-state index in [9.17, 15) is 27.6 Å². The monoisotopic (exact) mass is 738 g/mol. The number of rotatable bonds is 14. The fourth-order valence-electron chi connectivity index (χ4n) is 5.08. The Balaban J connectivity index is 1.28. The smallest absolute Gasteiger partial charge is 0.422 e. The third-order valence-electron chi connectivity index (χ3n) is 8.02. The standard InChI is InChI=1S/C39H38N4O9S/c1-41(24-25-42(2)39(47)52-28-31-16-10-5-11-17-31)36(44)33-20-18-32(19-21-33)34-22-23-43(35(34)37(45)50-26-29-12-6-3-7-13-29)53(48,49)40-38(46)51-27-30-14-8-4-9-15-30/h3-23H,24-28H2,1-2H3,(H,40,46). The Hall–Kier alpha value is -6.41. The van der Waals surface area contributed by atoms with E-state index in [2.05, 4.69) is 0 Å². The SMILES string of the molecule is CN(CCN(C)C(=O)c1ccc(-c2ccn(S(=O)(=O)NC(=O)OCc3ccccc3)c2C(=O)OCc2ccccc2)cc1)C(=O)OCc1ccccc1. The zero-order valence-corrected chi connectivity index (χ0v) is 29.9. The van der Waals surface area contributed by atoms with Gasteiger partial charge in [-0.1, -0.05) is 103 Å². The summed E-state index contributed by atoms with van der Waals surface area (Å²) in [4.78, 5) is 54.6. The average Bonchev–Trinajstić information content (AvgIpc) is 3.65. The van der Waals surface area contributed by atoms with Crippen LogP contribution in [0.15, 0.2) is 128 Å². The third kappa shape index (κ3) is 10.3. The number of amides is 3. The quantitative estimate of drug-likeness (QED) is 0.109. The predicted molar refractivity (Wildman–Crippen MR) is 196 cm³/mol. The molecule has 0 aliphatic heterocycles. The summed E-state index contributed by atoms with van der Waals surface area (Å²) >= 11 is 0. The summed E-state index contributed by atoms with van der Waals surface area (Å²) in [6.07, 6.45) is -0.643. The third-order valence-corrected chi connectivity index (χ3v) is 9.27. The number of aromatic nitrogens is 1. The van der Waals surface area contributed by atoms with Gasteiger partial charge in [-0.3, -0.25) is 4.79 Å². The molecule has 0 bridgehead atoms. The minimum atomic E-state index is -4.69. The van der Waals surface area contributed by atoms with Crippen molar-refractivity contribution in [1.29, 1.82) is 0 Å². The molecule has 5 rings (SSSR count). The summed E-state index contributed by atoms with van der Waals surface area (Å²) in [7, 11) is -1.50. The van der Waals surface area contributed by atoms with Gasteiger partial charge in [0.05, 0.1) is 0 Å². The van der Waals surface area contributed by atoms with E-state index in [4.69, 9.17) is 14.2 Å². The molecule has 1 heterocycles. The molecular weight excluding hydrogens is 701 g/mol. The summed E-state index contributed by atoms with van der Waals surface area (Å²) in [6.45, 7) is 0.249. The fraction of sp³-hybridized carbons (Fsp3) is 0.179. The maximum Gasteiger partial charge on any atom is 0.422 e. The Morgan fingerprint density at radius 1 is 0.623 bits per heavy atom. The van der Waals surface area contributed by atoms with Crippen molar-refractivity contribution in [3.05, 3.63) is 155 Å². The Labute approximate surface area is 307 Å². The molecule has 4 aromatic carbocycles. The lowest BCUT2D eigenvalue weighted by Gasteiger charge is -2.22. The van der Waals surface area contributed by atoms with Gasteiger partial charge in [-0.05, 0) is 40.5 Å². The largest absolute Gasteiger partial charge is 0.456 e. The van der Waals surface area contributed by atoms with Crippen LogP contribution in [0.3, 0.4) is 0 Å². The van der Waals surface area contributed by atoms with Crippen LogP contribution in [0.2, 0.25) is 0 Å². The van der Waals surface area contributed by atoms with Crippen LogP contribution >= 0.6 is 0 Å². The van der Waals surface area contributed by atoms with E-state index >= 15 is 0 Å². The number of ether oxygens (including phenoxy) is 3. The van der Waals surface area contributed by atoms with E-state index in [0.717, 1.165) is 11.8 Å². The molecule has 0 saturated heterocycles. The van der Waals surface area contributed by atoms with Crippen LogP contribution in [0.4, 0.5) is 9.59 Å². The lowest BCUT2D eigenvalue weighted by atomic mass is 10.0. The average molecular weight is 739 g/mol. The van der Waals surface area contributed by atoms with Crippen LogP contribution in [0.25, 0.3) is 11.1 Å². The zero-order valence-electron chi connectivity index (χ0n) is 29.1. The van der Waals surface area contributed by atoms with Gasteiger partial charge < -0.3 is 24.0 Å². The first kappa shape index (κ1) is 37.8. The van der Waals surface area contributed by atoms with Gasteiger partial charge in [0, 0.05) is 44.5 Å². The molecule has 0 spiro atoms. The highest BCUT2D eigenvalue weighted by Crippen LogP contribution is 2.28. The highest BCUT2D eigenvalue weighted by atomic mass is 32.2. The minimum Gasteiger partial charge on any atom is -0.456 e. The van der Waals surface area contributed by atoms with Crippen molar-refractivity contribution in [2.75, 3.05) is 27.2 Å². The number of esters is 1. The Morgan fingerprint density at radius 3 is 1.66 bits per heavy atom. The van der Waals surface area contributed by atoms with Crippen molar-refractivity contribution >= 4 is 34.3 Å². The zero-order chi connectivity index (χ0) is 37.8. The molecule has 1 aromatic heterocycles. The summed E-state index contributed by atoms with van der Waals surface area (Å²) < 4.78 is 45.3. The predicted octanol–water partition coefficient (Wildman–Crippen LogP) is 5.87. The number of carbonyl (C=O) groups excluding carboxylic acids is 4. The maximum atomic E-state index is 13.5. The Kier molecular flexibility index (Phi) is 12.6. The van der Waals surface area contributed by atoms with Gasteiger partial charge in [-0.25, -0.2) is 23.1 Å². The molecule has 53 heavy (non-hydrogen) atoms. The van der Waals surface area contributed by atoms with Crippen molar-refractivity contribution in [1.82, 2.24) is 18.5 Å². The van der Waals surface area contributed by atoms with Crippen molar-refractivity contribution in [3.63, 3.8) is 0 Å². The van der Waals surface area contributed by atoms with Gasteiger partial charge in [0.25, 0.3) is 5.91 Å². The van der Waals surface area contributed by atoms with Gasteiger partial charge in [-0.15, -0.1) is 0 Å². The van der Waals surface area contributed by atoms with E-state index in [1.165, 1.54) is 28.0 Å². The molecule has 3 amide bonds. The number of benzene rings is 4. The van der Waals surface area contributed by atoms with Gasteiger partial charge in [0.15, 0.2) is 5.69 Å². The normalized spacial score (nSPS) is 10.9. The van der Waals surface area contributed by atoms with E-state index in [1.54, 1.807) is 86.9 Å². The molecular formula is C39H38N4O9S. The molecule has 0 fully saturated rings. The van der Waals surface area contributed by atoms with Crippen LogP contribution < -0.4 is 4.72 Å². The summed E-state index contributed by atoms with van der Waals surface area (Å²) in [5.41, 5.74) is 2.69. The molecule has 1 N–H and O–H groups in total. The molecule has 0 atom stereocenters. The number of hydrogen-bond donors (Lipinski definition) is 1. The first-order valence-corrected chi connectivity index (χ1v) is 17.9. The molecule has 5 aromatic rings. The lowest BCUT2D eigenvalue weighted by Crippen LogP contribution is -2.37. The molecule has 0 aliphatic rings. The second-order valence-corrected chi connectivity index (χ2v) is 13.4. The summed E-state index contributed by atoms with van der Waals surface area (Å²) in [6, 6.07) is 34.4. The van der Waals surface area contributed by atoms with Crippen molar-refractivity contribution in [2.45, 2.75) is 19.8 Å². The molecule has 274 valence electrons. The van der Waals surface area contributed by atoms with Gasteiger partial charge >= 0.3 is 28.4 Å². The first-order chi connectivity index (χ1) is 25.5. The lowest BCUT2D eigenvalue weighted by molar-refractivity contribution is 0.0465. The molecule has 0 saturated carbocycles. The van der Waals surface area contributed by atoms with Crippen molar-refractivity contribution < 1.29 is 41.8 Å². The number of carbonyl (C=O) groups is 4. The van der Waals surface area contributed by atoms with Crippen LogP contribution in [-0.4, -0.2) is 73.4 Å². The molecule has 14 heteroatoms. The molecule has 0 radical (unpaired) electrons. The Morgan fingerprint density at radius 2 is 1.11 bits per heavy atom.